The second-order valence-electron chi connectivity index (χ2n) is 6.35. The van der Waals surface area contributed by atoms with Crippen LogP contribution in [0, 0.1) is 34.0 Å². The molecule has 0 bridgehead atoms. The summed E-state index contributed by atoms with van der Waals surface area (Å²) in [5, 5.41) is 24.4. The minimum absolute atomic E-state index is 0.281. The molecule has 26 heavy (non-hydrogen) atoms. The predicted molar refractivity (Wildman–Crippen MR) is 101 cm³/mol. The van der Waals surface area contributed by atoms with Crippen LogP contribution in [0.4, 0.5) is 5.69 Å². The normalized spacial score (nSPS) is 19.8. The summed E-state index contributed by atoms with van der Waals surface area (Å²) >= 11 is 6.90. The van der Waals surface area contributed by atoms with Gasteiger partial charge in [0.05, 0.1) is 28.0 Å². The number of anilines is 1. The fraction of sp³-hybridized carbons (Fsp3) is 0.333. The number of benzene rings is 1. The zero-order chi connectivity index (χ0) is 19.5. The van der Waals surface area contributed by atoms with Crippen molar-refractivity contribution in [1.82, 2.24) is 5.32 Å². The summed E-state index contributed by atoms with van der Waals surface area (Å²) in [5.41, 5.74) is -0.0423. The molecule has 1 heterocycles. The first-order chi connectivity index (χ1) is 12.2. The van der Waals surface area contributed by atoms with Gasteiger partial charge in [0.15, 0.2) is 0 Å². The Morgan fingerprint density at radius 1 is 1.35 bits per heavy atom. The van der Waals surface area contributed by atoms with E-state index in [0.29, 0.717) is 21.3 Å². The first-order valence-electron chi connectivity index (χ1n) is 7.79. The highest BCUT2D eigenvalue weighted by Crippen LogP contribution is 2.42. The lowest BCUT2D eigenvalue weighted by Gasteiger charge is -2.35. The zero-order valence-corrected chi connectivity index (χ0v) is 16.0. The number of hydrogen-bond acceptors (Lipinski definition) is 5. The van der Waals surface area contributed by atoms with Crippen LogP contribution in [-0.4, -0.2) is 17.1 Å². The van der Waals surface area contributed by atoms with Crippen molar-refractivity contribution in [2.24, 2.45) is 11.3 Å². The Kier molecular flexibility index (Phi) is 5.97. The monoisotopic (exact) mass is 388 g/mol. The fourth-order valence-electron chi connectivity index (χ4n) is 2.52. The zero-order valence-electron chi connectivity index (χ0n) is 14.5. The highest BCUT2D eigenvalue weighted by molar-refractivity contribution is 8.04. The molecule has 0 fully saturated rings. The van der Waals surface area contributed by atoms with E-state index in [0.717, 1.165) is 11.8 Å². The van der Waals surface area contributed by atoms with E-state index in [2.05, 4.69) is 16.7 Å². The quantitative estimate of drug-likeness (QED) is 0.821. The van der Waals surface area contributed by atoms with Crippen molar-refractivity contribution in [3.8, 4) is 12.1 Å². The van der Waals surface area contributed by atoms with Gasteiger partial charge in [0.2, 0.25) is 11.8 Å². The summed E-state index contributed by atoms with van der Waals surface area (Å²) in [5.74, 6) is -1.71. The average Bonchev–Trinajstić information content (AvgIpc) is 2.56. The van der Waals surface area contributed by atoms with Crippen LogP contribution in [0.1, 0.15) is 20.8 Å². The molecule has 2 amide bonds. The molecule has 0 saturated heterocycles. The van der Waals surface area contributed by atoms with Crippen LogP contribution in [0.25, 0.3) is 0 Å². The second kappa shape index (κ2) is 7.82. The topological polar surface area (TPSA) is 106 Å². The SMILES string of the molecule is C[C@H](SC1=C(C#N)C(C)(C)[C@H](C#N)C(=O)N1)C(=O)Nc1ccc(Cl)cc1. The number of hydrogen-bond donors (Lipinski definition) is 2. The molecule has 0 saturated carbocycles. The van der Waals surface area contributed by atoms with Crippen LogP contribution in [0.2, 0.25) is 5.02 Å². The first-order valence-corrected chi connectivity index (χ1v) is 9.05. The second-order valence-corrected chi connectivity index (χ2v) is 8.13. The molecule has 0 aliphatic carbocycles. The number of nitriles is 2. The number of amides is 2. The van der Waals surface area contributed by atoms with Crippen molar-refractivity contribution in [2.75, 3.05) is 5.32 Å². The highest BCUT2D eigenvalue weighted by Gasteiger charge is 2.45. The minimum atomic E-state index is -0.959. The van der Waals surface area contributed by atoms with Gasteiger partial charge in [-0.3, -0.25) is 9.59 Å². The van der Waals surface area contributed by atoms with Gasteiger partial charge < -0.3 is 10.6 Å². The molecule has 0 spiro atoms. The Labute approximate surface area is 161 Å². The van der Waals surface area contributed by atoms with Crippen LogP contribution < -0.4 is 10.6 Å². The Balaban J connectivity index is 2.20. The number of allylic oxidation sites excluding steroid dienone is 1. The minimum Gasteiger partial charge on any atom is -0.325 e. The summed E-state index contributed by atoms with van der Waals surface area (Å²) in [7, 11) is 0. The Bertz CT molecular complexity index is 849. The van der Waals surface area contributed by atoms with Crippen molar-refractivity contribution < 1.29 is 9.59 Å². The summed E-state index contributed by atoms with van der Waals surface area (Å²) in [4.78, 5) is 24.6. The van der Waals surface area contributed by atoms with Gasteiger partial charge in [0.1, 0.15) is 5.92 Å². The molecule has 8 heteroatoms. The van der Waals surface area contributed by atoms with Gasteiger partial charge in [-0.1, -0.05) is 37.2 Å². The summed E-state index contributed by atoms with van der Waals surface area (Å²) in [6.07, 6.45) is 0. The van der Waals surface area contributed by atoms with Crippen LogP contribution in [0.5, 0.6) is 0 Å². The van der Waals surface area contributed by atoms with E-state index in [-0.39, 0.29) is 5.91 Å². The highest BCUT2D eigenvalue weighted by atomic mass is 35.5. The lowest BCUT2D eigenvalue weighted by Crippen LogP contribution is -2.45. The maximum Gasteiger partial charge on any atom is 0.243 e. The third-order valence-corrected chi connectivity index (χ3v) is 5.47. The molecular weight excluding hydrogens is 372 g/mol. The van der Waals surface area contributed by atoms with Crippen LogP contribution in [0.3, 0.4) is 0 Å². The Morgan fingerprint density at radius 2 is 1.96 bits per heavy atom. The van der Waals surface area contributed by atoms with Crippen molar-refractivity contribution in [3.63, 3.8) is 0 Å². The van der Waals surface area contributed by atoms with Gasteiger partial charge in [0, 0.05) is 16.1 Å². The Hall–Kier alpha value is -2.48. The van der Waals surface area contributed by atoms with Crippen LogP contribution in [-0.2, 0) is 9.59 Å². The molecule has 1 aromatic carbocycles. The van der Waals surface area contributed by atoms with Crippen LogP contribution >= 0.6 is 23.4 Å². The van der Waals surface area contributed by atoms with E-state index in [1.54, 1.807) is 45.0 Å². The molecule has 2 atom stereocenters. The van der Waals surface area contributed by atoms with Gasteiger partial charge in [-0.25, -0.2) is 0 Å². The van der Waals surface area contributed by atoms with E-state index >= 15 is 0 Å². The third kappa shape index (κ3) is 4.01. The molecule has 1 aliphatic rings. The summed E-state index contributed by atoms with van der Waals surface area (Å²) in [6.45, 7) is 5.03. The standard InChI is InChI=1S/C18H17ClN4O2S/c1-10(15(24)22-12-6-4-11(19)5-7-12)26-17-14(9-21)18(2,3)13(8-20)16(25)23-17/h4-7,10,13H,1-3H3,(H,22,24)(H,23,25)/t10-,13+/m0/s1. The number of rotatable bonds is 4. The van der Waals surface area contributed by atoms with E-state index < -0.39 is 22.5 Å². The summed E-state index contributed by atoms with van der Waals surface area (Å²) in [6, 6.07) is 10.7. The number of nitrogens with one attached hydrogen (secondary N) is 2. The van der Waals surface area contributed by atoms with E-state index in [9.17, 15) is 20.1 Å². The number of thioether (sulfide) groups is 1. The fourth-order valence-corrected chi connectivity index (χ4v) is 3.75. The van der Waals surface area contributed by atoms with Crippen molar-refractivity contribution in [2.45, 2.75) is 26.0 Å². The lowest BCUT2D eigenvalue weighted by atomic mass is 9.72. The lowest BCUT2D eigenvalue weighted by molar-refractivity contribution is -0.125. The number of carbonyl (C=O) groups excluding carboxylic acids is 2. The van der Waals surface area contributed by atoms with Crippen molar-refractivity contribution >= 4 is 40.9 Å². The largest absolute Gasteiger partial charge is 0.325 e. The maximum atomic E-state index is 12.4. The van der Waals surface area contributed by atoms with Crippen molar-refractivity contribution in [3.05, 3.63) is 39.9 Å². The van der Waals surface area contributed by atoms with Gasteiger partial charge >= 0.3 is 0 Å². The molecule has 1 aromatic rings. The molecule has 2 rings (SSSR count). The average molecular weight is 389 g/mol. The molecule has 134 valence electrons. The van der Waals surface area contributed by atoms with E-state index in [4.69, 9.17) is 11.6 Å². The molecule has 0 radical (unpaired) electrons. The Morgan fingerprint density at radius 3 is 2.50 bits per heavy atom. The number of carbonyl (C=O) groups is 2. The molecule has 1 aliphatic heterocycles. The van der Waals surface area contributed by atoms with Gasteiger partial charge in [-0.2, -0.15) is 10.5 Å². The van der Waals surface area contributed by atoms with Gasteiger partial charge in [-0.15, -0.1) is 0 Å². The maximum absolute atomic E-state index is 12.4. The van der Waals surface area contributed by atoms with E-state index in [1.807, 2.05) is 6.07 Å². The molecular formula is C18H17ClN4O2S. The first kappa shape index (κ1) is 19.8. The number of halogens is 1. The molecule has 0 unspecified atom stereocenters. The predicted octanol–water partition coefficient (Wildman–Crippen LogP) is 3.43. The van der Waals surface area contributed by atoms with Crippen molar-refractivity contribution in [1.29, 1.82) is 10.5 Å². The number of nitrogens with zero attached hydrogens (tertiary/aromatic N) is 2. The molecule has 0 aromatic heterocycles. The molecule has 2 N–H and O–H groups in total. The summed E-state index contributed by atoms with van der Waals surface area (Å²) < 4.78 is 0. The molecule has 6 nitrogen and oxygen atoms in total. The van der Waals surface area contributed by atoms with Crippen LogP contribution in [0.15, 0.2) is 34.9 Å². The van der Waals surface area contributed by atoms with E-state index in [1.165, 1.54) is 0 Å². The third-order valence-electron chi connectivity index (χ3n) is 4.11. The van der Waals surface area contributed by atoms with Gasteiger partial charge in [-0.05, 0) is 31.2 Å². The smallest absolute Gasteiger partial charge is 0.243 e. The van der Waals surface area contributed by atoms with Gasteiger partial charge in [0.25, 0.3) is 0 Å².